The van der Waals surface area contributed by atoms with Gasteiger partial charge in [0.15, 0.2) is 0 Å². The second-order valence-electron chi connectivity index (χ2n) is 8.12. The Hall–Kier alpha value is -0.0400. The molecule has 0 unspecified atom stereocenters. The topological polar surface area (TPSA) is 9.23 Å². The molecule has 1 heteroatoms. The smallest absolute Gasteiger partial charge is 0.0575 e. The van der Waals surface area contributed by atoms with Crippen LogP contribution >= 0.6 is 0 Å². The van der Waals surface area contributed by atoms with Gasteiger partial charge >= 0.3 is 0 Å². The van der Waals surface area contributed by atoms with Crippen LogP contribution in [0.1, 0.15) is 104 Å². The normalized spacial score (nSPS) is 33.0. The molecule has 0 saturated heterocycles. The van der Waals surface area contributed by atoms with Crippen molar-refractivity contribution in [1.29, 1.82) is 0 Å². The minimum absolute atomic E-state index is 0.590. The first kappa shape index (κ1) is 18.3. The lowest BCUT2D eigenvalue weighted by Crippen LogP contribution is -2.23. The summed E-state index contributed by atoms with van der Waals surface area (Å²) >= 11 is 0. The third-order valence-electron chi connectivity index (χ3n) is 6.29. The van der Waals surface area contributed by atoms with E-state index in [2.05, 4.69) is 13.8 Å². The highest BCUT2D eigenvalue weighted by Gasteiger charge is 2.24. The summed E-state index contributed by atoms with van der Waals surface area (Å²) in [6.45, 7) is 5.58. The molecule has 130 valence electrons. The average molecular weight is 309 g/mol. The van der Waals surface area contributed by atoms with E-state index in [-0.39, 0.29) is 0 Å². The van der Waals surface area contributed by atoms with Crippen LogP contribution in [0.15, 0.2) is 0 Å². The lowest BCUT2D eigenvalue weighted by atomic mass is 9.76. The molecule has 0 aliphatic heterocycles. The summed E-state index contributed by atoms with van der Waals surface area (Å²) in [6.07, 6.45) is 20.6. The molecule has 2 aliphatic carbocycles. The molecule has 2 fully saturated rings. The first-order valence-corrected chi connectivity index (χ1v) is 10.4. The third kappa shape index (κ3) is 6.60. The molecule has 0 N–H and O–H groups in total. The molecule has 0 heterocycles. The van der Waals surface area contributed by atoms with Crippen LogP contribution < -0.4 is 0 Å². The maximum Gasteiger partial charge on any atom is 0.0575 e. The minimum Gasteiger partial charge on any atom is -0.378 e. The van der Waals surface area contributed by atoms with Crippen molar-refractivity contribution < 1.29 is 4.74 Å². The van der Waals surface area contributed by atoms with E-state index >= 15 is 0 Å². The molecule has 0 amide bonds. The standard InChI is InChI=1S/C21H40O/c1-3-5-17-22-21-15-13-20(14-16-21)12-11-19-9-7-18(6-4-2)8-10-19/h18-21H,3-17H2,1-2H3. The molecule has 0 bridgehead atoms. The molecule has 0 radical (unpaired) electrons. The van der Waals surface area contributed by atoms with E-state index in [4.69, 9.17) is 4.74 Å². The molecule has 0 aromatic heterocycles. The van der Waals surface area contributed by atoms with Crippen LogP contribution in [0.25, 0.3) is 0 Å². The van der Waals surface area contributed by atoms with Gasteiger partial charge in [0.1, 0.15) is 0 Å². The number of hydrogen-bond donors (Lipinski definition) is 0. The van der Waals surface area contributed by atoms with Gasteiger partial charge in [-0.05, 0) is 49.9 Å². The van der Waals surface area contributed by atoms with Crippen molar-refractivity contribution in [1.82, 2.24) is 0 Å². The Morgan fingerprint density at radius 2 is 1.14 bits per heavy atom. The summed E-state index contributed by atoms with van der Waals surface area (Å²) in [5.41, 5.74) is 0. The van der Waals surface area contributed by atoms with Crippen LogP contribution in [0.2, 0.25) is 0 Å². The highest BCUT2D eigenvalue weighted by Crippen LogP contribution is 2.36. The molecule has 0 spiro atoms. The number of rotatable bonds is 9. The van der Waals surface area contributed by atoms with E-state index in [9.17, 15) is 0 Å². The molecular formula is C21H40O. The zero-order valence-electron chi connectivity index (χ0n) is 15.3. The summed E-state index contributed by atoms with van der Waals surface area (Å²) in [5, 5.41) is 0. The fourth-order valence-corrected chi connectivity index (χ4v) is 4.67. The van der Waals surface area contributed by atoms with Crippen LogP contribution in [0.5, 0.6) is 0 Å². The monoisotopic (exact) mass is 308 g/mol. The zero-order valence-corrected chi connectivity index (χ0v) is 15.3. The Bertz CT molecular complexity index is 259. The summed E-state index contributed by atoms with van der Waals surface area (Å²) < 4.78 is 6.00. The average Bonchev–Trinajstić information content (AvgIpc) is 2.56. The lowest BCUT2D eigenvalue weighted by Gasteiger charge is -2.32. The summed E-state index contributed by atoms with van der Waals surface area (Å²) in [4.78, 5) is 0. The maximum atomic E-state index is 6.00. The van der Waals surface area contributed by atoms with Crippen molar-refractivity contribution in [3.05, 3.63) is 0 Å². The highest BCUT2D eigenvalue weighted by molar-refractivity contribution is 4.77. The Balaban J connectivity index is 1.52. The summed E-state index contributed by atoms with van der Waals surface area (Å²) in [5.74, 6) is 3.14. The van der Waals surface area contributed by atoms with Crippen LogP contribution in [-0.4, -0.2) is 12.7 Å². The zero-order chi connectivity index (χ0) is 15.6. The fraction of sp³-hybridized carbons (Fsp3) is 1.00. The molecule has 22 heavy (non-hydrogen) atoms. The van der Waals surface area contributed by atoms with E-state index in [0.29, 0.717) is 6.10 Å². The predicted molar refractivity (Wildman–Crippen MR) is 96.2 cm³/mol. The molecule has 0 aromatic rings. The Kier molecular flexibility index (Phi) is 8.89. The summed E-state index contributed by atoms with van der Waals surface area (Å²) in [6, 6.07) is 0. The molecule has 2 aliphatic rings. The van der Waals surface area contributed by atoms with Crippen LogP contribution in [0, 0.1) is 17.8 Å². The van der Waals surface area contributed by atoms with E-state index < -0.39 is 0 Å². The van der Waals surface area contributed by atoms with Crippen molar-refractivity contribution >= 4 is 0 Å². The Labute approximate surface area is 139 Å². The third-order valence-corrected chi connectivity index (χ3v) is 6.29. The Morgan fingerprint density at radius 1 is 0.636 bits per heavy atom. The lowest BCUT2D eigenvalue weighted by molar-refractivity contribution is 0.0150. The molecule has 0 atom stereocenters. The quantitative estimate of drug-likeness (QED) is 0.428. The molecule has 2 saturated carbocycles. The fourth-order valence-electron chi connectivity index (χ4n) is 4.67. The van der Waals surface area contributed by atoms with Crippen molar-refractivity contribution in [2.45, 2.75) is 110 Å². The van der Waals surface area contributed by atoms with Crippen LogP contribution in [-0.2, 0) is 4.74 Å². The largest absolute Gasteiger partial charge is 0.378 e. The SMILES string of the molecule is CCCCOC1CCC(CCC2CCC(CCC)CC2)CC1. The first-order chi connectivity index (χ1) is 10.8. The number of unbranched alkanes of at least 4 members (excludes halogenated alkanes) is 1. The van der Waals surface area contributed by atoms with Gasteiger partial charge in [-0.25, -0.2) is 0 Å². The van der Waals surface area contributed by atoms with Gasteiger partial charge in [0, 0.05) is 6.61 Å². The van der Waals surface area contributed by atoms with Crippen molar-refractivity contribution in [3.63, 3.8) is 0 Å². The molecule has 2 rings (SSSR count). The van der Waals surface area contributed by atoms with Gasteiger partial charge in [-0.1, -0.05) is 71.6 Å². The molecular weight excluding hydrogens is 268 g/mol. The van der Waals surface area contributed by atoms with Crippen molar-refractivity contribution in [2.75, 3.05) is 6.61 Å². The number of hydrogen-bond acceptors (Lipinski definition) is 1. The second-order valence-corrected chi connectivity index (χ2v) is 8.12. The van der Waals surface area contributed by atoms with Crippen LogP contribution in [0.3, 0.4) is 0 Å². The Morgan fingerprint density at radius 3 is 1.64 bits per heavy atom. The van der Waals surface area contributed by atoms with Gasteiger partial charge < -0.3 is 4.74 Å². The predicted octanol–water partition coefficient (Wildman–Crippen LogP) is 6.75. The highest BCUT2D eigenvalue weighted by atomic mass is 16.5. The molecule has 0 aromatic carbocycles. The van der Waals surface area contributed by atoms with E-state index in [0.717, 1.165) is 24.4 Å². The summed E-state index contributed by atoms with van der Waals surface area (Å²) in [7, 11) is 0. The van der Waals surface area contributed by atoms with E-state index in [1.807, 2.05) is 0 Å². The van der Waals surface area contributed by atoms with Gasteiger partial charge in [-0.2, -0.15) is 0 Å². The van der Waals surface area contributed by atoms with Gasteiger partial charge in [-0.3, -0.25) is 0 Å². The van der Waals surface area contributed by atoms with Gasteiger partial charge in [0.05, 0.1) is 6.10 Å². The first-order valence-electron chi connectivity index (χ1n) is 10.4. The van der Waals surface area contributed by atoms with E-state index in [1.165, 1.54) is 89.9 Å². The van der Waals surface area contributed by atoms with Gasteiger partial charge in [-0.15, -0.1) is 0 Å². The van der Waals surface area contributed by atoms with Crippen molar-refractivity contribution in [3.8, 4) is 0 Å². The van der Waals surface area contributed by atoms with E-state index in [1.54, 1.807) is 0 Å². The van der Waals surface area contributed by atoms with Gasteiger partial charge in [0.2, 0.25) is 0 Å². The number of ether oxygens (including phenoxy) is 1. The minimum atomic E-state index is 0.590. The molecule has 1 nitrogen and oxygen atoms in total. The second kappa shape index (κ2) is 10.7. The maximum absolute atomic E-state index is 6.00. The van der Waals surface area contributed by atoms with Gasteiger partial charge in [0.25, 0.3) is 0 Å². The van der Waals surface area contributed by atoms with Crippen LogP contribution in [0.4, 0.5) is 0 Å². The van der Waals surface area contributed by atoms with Crippen molar-refractivity contribution in [2.24, 2.45) is 17.8 Å².